The number of nitrogens with two attached hydrogens (primary N) is 1. The second-order valence-electron chi connectivity index (χ2n) is 10.7. The molecule has 4 rings (SSSR count). The van der Waals surface area contributed by atoms with E-state index < -0.39 is 75.2 Å². The van der Waals surface area contributed by atoms with E-state index in [0.29, 0.717) is 0 Å². The van der Waals surface area contributed by atoms with Crippen molar-refractivity contribution in [3.8, 4) is 5.75 Å². The molecule has 2 amide bonds. The van der Waals surface area contributed by atoms with Crippen molar-refractivity contribution in [2.24, 2.45) is 17.6 Å². The predicted octanol–water partition coefficient (Wildman–Crippen LogP) is -0.562. The molecule has 4 atom stereocenters. The number of nitrogens with one attached hydrogen (secondary N) is 1. The van der Waals surface area contributed by atoms with E-state index >= 15 is 4.39 Å². The molecule has 0 bridgehead atoms. The highest BCUT2D eigenvalue weighted by molar-refractivity contribution is 6.24. The van der Waals surface area contributed by atoms with Gasteiger partial charge in [-0.05, 0) is 53.0 Å². The molecule has 12 nitrogen and oxygen atoms in total. The largest absolute Gasteiger partial charge is 0.510 e. The van der Waals surface area contributed by atoms with Crippen LogP contribution in [0.25, 0.3) is 0 Å². The van der Waals surface area contributed by atoms with Crippen LogP contribution in [-0.4, -0.2) is 100.0 Å². The van der Waals surface area contributed by atoms with Crippen molar-refractivity contribution in [3.05, 3.63) is 51.2 Å². The van der Waals surface area contributed by atoms with E-state index in [2.05, 4.69) is 5.32 Å². The maximum absolute atomic E-state index is 15.6. The molecule has 13 heteroatoms. The van der Waals surface area contributed by atoms with E-state index in [1.807, 2.05) is 0 Å². The standard InChI is InChI=1S/C26H31FN4O8/c1-30(2)9-15(33)29-8-11-7-14(32)17-12(19(11)27)5-10-6-13-20(31(3)4)22(35)18(25(28)38)24(37)26(13,39)23(36)16(10)21(17)34/h7,10,13,20,32,35-36,39H,5-6,8-9H2,1-4H3,(H2,28,38)(H,29,33)/t10-,13-,20-,26-/m0/s1. The number of allylic oxidation sites excluding steroid dienone is 1. The molecule has 210 valence electrons. The zero-order valence-corrected chi connectivity index (χ0v) is 21.9. The zero-order chi connectivity index (χ0) is 29.1. The minimum absolute atomic E-state index is 0.0548. The van der Waals surface area contributed by atoms with Gasteiger partial charge in [-0.1, -0.05) is 0 Å². The van der Waals surface area contributed by atoms with Gasteiger partial charge in [0.2, 0.25) is 11.7 Å². The van der Waals surface area contributed by atoms with Crippen molar-refractivity contribution in [2.45, 2.75) is 31.0 Å². The number of Topliss-reactive ketones (excluding diaryl/α,β-unsaturated/α-hetero) is 2. The number of halogens is 1. The third-order valence-corrected chi connectivity index (χ3v) is 7.67. The van der Waals surface area contributed by atoms with Gasteiger partial charge in [0.25, 0.3) is 5.91 Å². The highest BCUT2D eigenvalue weighted by atomic mass is 19.1. The van der Waals surface area contributed by atoms with Gasteiger partial charge >= 0.3 is 0 Å². The molecule has 0 spiro atoms. The maximum Gasteiger partial charge on any atom is 0.255 e. The molecule has 3 aliphatic carbocycles. The number of nitrogens with zero attached hydrogens (tertiary/aromatic N) is 2. The third kappa shape index (κ3) is 4.26. The first kappa shape index (κ1) is 28.2. The zero-order valence-electron chi connectivity index (χ0n) is 21.9. The van der Waals surface area contributed by atoms with Crippen LogP contribution in [-0.2, 0) is 27.3 Å². The van der Waals surface area contributed by atoms with Crippen LogP contribution in [0.3, 0.4) is 0 Å². The van der Waals surface area contributed by atoms with Gasteiger partial charge < -0.3 is 36.4 Å². The number of hydrogen-bond acceptors (Lipinski definition) is 10. The first-order valence-corrected chi connectivity index (χ1v) is 12.2. The molecule has 0 fully saturated rings. The van der Waals surface area contributed by atoms with Gasteiger partial charge in [-0.25, -0.2) is 4.39 Å². The van der Waals surface area contributed by atoms with Crippen LogP contribution >= 0.6 is 0 Å². The lowest BCUT2D eigenvalue weighted by atomic mass is 9.58. The van der Waals surface area contributed by atoms with E-state index in [4.69, 9.17) is 5.73 Å². The number of primary amides is 1. The Kier molecular flexibility index (Phi) is 7.04. The molecule has 0 unspecified atom stereocenters. The summed E-state index contributed by atoms with van der Waals surface area (Å²) in [5, 5.41) is 46.8. The Labute approximate surface area is 223 Å². The number of ketones is 2. The Bertz CT molecular complexity index is 1370. The van der Waals surface area contributed by atoms with Gasteiger partial charge in [-0.15, -0.1) is 0 Å². The first-order valence-electron chi connectivity index (χ1n) is 12.2. The Morgan fingerprint density at radius 3 is 2.38 bits per heavy atom. The minimum atomic E-state index is -2.77. The molecular formula is C26H31FN4O8. The van der Waals surface area contributed by atoms with E-state index in [-0.39, 0.29) is 48.5 Å². The average molecular weight is 547 g/mol. The topological polar surface area (TPSA) is 194 Å². The SMILES string of the molecule is CN(C)CC(=O)NCc1cc(O)c2c(c1F)C[C@H]1C[C@H]3[C@H](N(C)C)C(O)=C(C(N)=O)C(=O)[C@@]3(O)C(O)=C1C2=O. The number of amides is 2. The molecule has 0 saturated heterocycles. The molecule has 3 aliphatic rings. The van der Waals surface area contributed by atoms with Crippen molar-refractivity contribution >= 4 is 23.4 Å². The number of carbonyl (C=O) groups is 4. The lowest BCUT2D eigenvalue weighted by Gasteiger charge is -2.50. The van der Waals surface area contributed by atoms with Crippen LogP contribution in [0.15, 0.2) is 28.7 Å². The number of aromatic hydroxyl groups is 1. The van der Waals surface area contributed by atoms with Crippen molar-refractivity contribution in [1.29, 1.82) is 0 Å². The lowest BCUT2D eigenvalue weighted by Crippen LogP contribution is -2.63. The van der Waals surface area contributed by atoms with E-state index in [0.717, 1.165) is 6.07 Å². The number of benzene rings is 1. The number of carbonyl (C=O) groups excluding carboxylic acids is 4. The van der Waals surface area contributed by atoms with Gasteiger partial charge in [-0.2, -0.15) is 0 Å². The highest BCUT2D eigenvalue weighted by Gasteiger charge is 2.63. The normalized spacial score (nSPS) is 26.5. The summed E-state index contributed by atoms with van der Waals surface area (Å²) in [6.07, 6.45) is -0.344. The fourth-order valence-corrected chi connectivity index (χ4v) is 6.02. The van der Waals surface area contributed by atoms with E-state index in [1.165, 1.54) is 19.0 Å². The van der Waals surface area contributed by atoms with Crippen LogP contribution in [0.4, 0.5) is 4.39 Å². The van der Waals surface area contributed by atoms with Crippen molar-refractivity contribution in [3.63, 3.8) is 0 Å². The summed E-state index contributed by atoms with van der Waals surface area (Å²) in [6, 6.07) is -0.146. The second-order valence-corrected chi connectivity index (χ2v) is 10.7. The average Bonchev–Trinajstić information content (AvgIpc) is 2.81. The lowest BCUT2D eigenvalue weighted by molar-refractivity contribution is -0.148. The monoisotopic (exact) mass is 546 g/mol. The number of aliphatic hydroxyl groups excluding tert-OH is 2. The molecule has 0 heterocycles. The van der Waals surface area contributed by atoms with Crippen LogP contribution in [0.1, 0.15) is 27.9 Å². The van der Waals surface area contributed by atoms with E-state index in [1.54, 1.807) is 19.0 Å². The molecule has 0 aliphatic heterocycles. The second kappa shape index (κ2) is 9.74. The highest BCUT2D eigenvalue weighted by Crippen LogP contribution is 2.52. The minimum Gasteiger partial charge on any atom is -0.510 e. The summed E-state index contributed by atoms with van der Waals surface area (Å²) in [7, 11) is 6.41. The van der Waals surface area contributed by atoms with Crippen LogP contribution in [0.2, 0.25) is 0 Å². The number of phenolic OH excluding ortho intramolecular Hbond substituents is 1. The van der Waals surface area contributed by atoms with Crippen LogP contribution in [0.5, 0.6) is 5.75 Å². The van der Waals surface area contributed by atoms with Gasteiger partial charge in [0, 0.05) is 29.2 Å². The summed E-state index contributed by atoms with van der Waals surface area (Å²) in [5.74, 6) is -9.28. The molecule has 1 aromatic rings. The van der Waals surface area contributed by atoms with Gasteiger partial charge in [0.15, 0.2) is 11.4 Å². The van der Waals surface area contributed by atoms with E-state index in [9.17, 15) is 39.6 Å². The Morgan fingerprint density at radius 1 is 1.18 bits per heavy atom. The number of phenols is 1. The fourth-order valence-electron chi connectivity index (χ4n) is 6.02. The maximum atomic E-state index is 15.6. The summed E-state index contributed by atoms with van der Waals surface area (Å²) < 4.78 is 15.6. The quantitative estimate of drug-likeness (QED) is 0.252. The smallest absolute Gasteiger partial charge is 0.255 e. The molecule has 39 heavy (non-hydrogen) atoms. The summed E-state index contributed by atoms with van der Waals surface area (Å²) in [5.41, 5.74) is 0.628. The molecular weight excluding hydrogens is 515 g/mol. The Hall–Kier alpha value is -3.81. The first-order chi connectivity index (χ1) is 18.1. The summed E-state index contributed by atoms with van der Waals surface area (Å²) in [6.45, 7) is -0.193. The summed E-state index contributed by atoms with van der Waals surface area (Å²) in [4.78, 5) is 53.9. The number of fused-ring (bicyclic) bond motifs is 3. The Balaban J connectivity index is 1.81. The Morgan fingerprint density at radius 2 is 1.82 bits per heavy atom. The van der Waals surface area contributed by atoms with Crippen molar-refractivity contribution < 1.29 is 44.0 Å². The summed E-state index contributed by atoms with van der Waals surface area (Å²) >= 11 is 0. The van der Waals surface area contributed by atoms with Crippen LogP contribution < -0.4 is 11.1 Å². The molecule has 7 N–H and O–H groups in total. The molecule has 0 radical (unpaired) electrons. The van der Waals surface area contributed by atoms with Crippen molar-refractivity contribution in [2.75, 3.05) is 34.7 Å². The number of hydrogen-bond donors (Lipinski definition) is 6. The van der Waals surface area contributed by atoms with Crippen LogP contribution in [0, 0.1) is 17.7 Å². The van der Waals surface area contributed by atoms with Crippen molar-refractivity contribution in [1.82, 2.24) is 15.1 Å². The predicted molar refractivity (Wildman–Crippen MR) is 134 cm³/mol. The number of likely N-dealkylation sites (N-methyl/N-ethyl adjacent to an activating group) is 2. The molecule has 0 aromatic heterocycles. The number of rotatable bonds is 6. The molecule has 0 saturated carbocycles. The third-order valence-electron chi connectivity index (χ3n) is 7.67. The van der Waals surface area contributed by atoms with Gasteiger partial charge in [-0.3, -0.25) is 24.1 Å². The van der Waals surface area contributed by atoms with Gasteiger partial charge in [0.05, 0.1) is 18.2 Å². The molecule has 1 aromatic carbocycles. The number of aliphatic hydroxyl groups is 3. The fraction of sp³-hybridized carbons (Fsp3) is 0.462. The van der Waals surface area contributed by atoms with Gasteiger partial charge in [0.1, 0.15) is 28.7 Å².